The van der Waals surface area contributed by atoms with Gasteiger partial charge in [-0.05, 0) is 12.1 Å². The fourth-order valence-electron chi connectivity index (χ4n) is 1.79. The summed E-state index contributed by atoms with van der Waals surface area (Å²) >= 11 is 0. The van der Waals surface area contributed by atoms with Crippen LogP contribution >= 0.6 is 0 Å². The molecule has 1 amide bonds. The van der Waals surface area contributed by atoms with E-state index in [-0.39, 0.29) is 12.2 Å². The van der Waals surface area contributed by atoms with Gasteiger partial charge in [-0.1, -0.05) is 0 Å². The van der Waals surface area contributed by atoms with Gasteiger partial charge in [-0.2, -0.15) is 0 Å². The van der Waals surface area contributed by atoms with Gasteiger partial charge in [0.15, 0.2) is 0 Å². The molecule has 8 nitrogen and oxygen atoms in total. The molecule has 1 aromatic carbocycles. The number of hydrogen-bond acceptors (Lipinski definition) is 6. The van der Waals surface area contributed by atoms with E-state index in [1.165, 1.54) is 30.6 Å². The largest absolute Gasteiger partial charge is 0.381 e. The Bertz CT molecular complexity index is 674. The number of nitrogens with two attached hydrogens (primary N) is 1. The molecule has 0 aliphatic carbocycles. The van der Waals surface area contributed by atoms with E-state index in [2.05, 4.69) is 10.3 Å². The molecule has 4 N–H and O–H groups in total. The van der Waals surface area contributed by atoms with E-state index in [0.29, 0.717) is 16.5 Å². The number of anilines is 1. The maximum absolute atomic E-state index is 10.9. The predicted octanol–water partition coefficient (Wildman–Crippen LogP) is 0.401. The van der Waals surface area contributed by atoms with Gasteiger partial charge in [0.1, 0.15) is 6.10 Å². The van der Waals surface area contributed by atoms with Crippen LogP contribution in [0.5, 0.6) is 0 Å². The van der Waals surface area contributed by atoms with E-state index in [1.54, 1.807) is 0 Å². The van der Waals surface area contributed by atoms with Crippen molar-refractivity contribution in [2.45, 2.75) is 6.10 Å². The topological polar surface area (TPSA) is 131 Å². The zero-order valence-corrected chi connectivity index (χ0v) is 10.3. The van der Waals surface area contributed by atoms with Gasteiger partial charge < -0.3 is 16.2 Å². The maximum Gasteiger partial charge on any atom is 0.277 e. The van der Waals surface area contributed by atoms with Crippen molar-refractivity contribution in [3.05, 3.63) is 40.7 Å². The molecule has 0 saturated carbocycles. The summed E-state index contributed by atoms with van der Waals surface area (Å²) in [5.41, 5.74) is 5.43. The third kappa shape index (κ3) is 2.64. The summed E-state index contributed by atoms with van der Waals surface area (Å²) in [6, 6.07) is 4.38. The smallest absolute Gasteiger partial charge is 0.277 e. The number of carbonyl (C=O) groups is 1. The van der Waals surface area contributed by atoms with E-state index in [9.17, 15) is 20.0 Å². The molecule has 0 radical (unpaired) electrons. The molecule has 0 fully saturated rings. The van der Waals surface area contributed by atoms with Crippen LogP contribution in [-0.4, -0.2) is 33.6 Å². The molecule has 0 spiro atoms. The summed E-state index contributed by atoms with van der Waals surface area (Å²) in [7, 11) is 0. The van der Waals surface area contributed by atoms with Crippen molar-refractivity contribution in [3.8, 4) is 0 Å². The van der Waals surface area contributed by atoms with Crippen LogP contribution in [-0.2, 0) is 4.79 Å². The summed E-state index contributed by atoms with van der Waals surface area (Å²) in [6.07, 6.45) is 1.59. The monoisotopic (exact) mass is 276 g/mol. The molecular formula is C12H12N4O4. The highest BCUT2D eigenvalue weighted by Gasteiger charge is 2.15. The molecule has 2 rings (SSSR count). The minimum atomic E-state index is -1.34. The standard InChI is InChI=1S/C12H12N4O4/c13-12(18)11(17)6-15-9-1-2-10(16(19)20)7-3-4-14-5-8(7)9/h1-5,11,15,17H,6H2,(H2,13,18). The molecule has 8 heteroatoms. The Morgan fingerprint density at radius 1 is 1.45 bits per heavy atom. The Kier molecular flexibility index (Phi) is 3.76. The van der Waals surface area contributed by atoms with Gasteiger partial charge >= 0.3 is 0 Å². The van der Waals surface area contributed by atoms with E-state index in [4.69, 9.17) is 5.73 Å². The zero-order valence-electron chi connectivity index (χ0n) is 10.3. The lowest BCUT2D eigenvalue weighted by Gasteiger charge is -2.12. The Balaban J connectivity index is 2.38. The van der Waals surface area contributed by atoms with Crippen LogP contribution in [0, 0.1) is 10.1 Å². The number of pyridine rings is 1. The van der Waals surface area contributed by atoms with Crippen molar-refractivity contribution in [2.75, 3.05) is 11.9 Å². The van der Waals surface area contributed by atoms with Crippen molar-refractivity contribution < 1.29 is 14.8 Å². The molecule has 0 bridgehead atoms. The first-order valence-corrected chi connectivity index (χ1v) is 5.73. The summed E-state index contributed by atoms with van der Waals surface area (Å²) in [4.78, 5) is 25.1. The molecule has 0 saturated heterocycles. The molecule has 2 aromatic rings. The Morgan fingerprint density at radius 2 is 2.20 bits per heavy atom. The normalized spacial score (nSPS) is 12.1. The van der Waals surface area contributed by atoms with Gasteiger partial charge in [0.05, 0.1) is 10.3 Å². The highest BCUT2D eigenvalue weighted by molar-refractivity contribution is 5.99. The van der Waals surface area contributed by atoms with E-state index < -0.39 is 16.9 Å². The number of nitrogens with one attached hydrogen (secondary N) is 1. The lowest BCUT2D eigenvalue weighted by atomic mass is 10.1. The van der Waals surface area contributed by atoms with Gasteiger partial charge in [0, 0.05) is 36.1 Å². The van der Waals surface area contributed by atoms with Gasteiger partial charge in [-0.15, -0.1) is 0 Å². The third-order valence-electron chi connectivity index (χ3n) is 2.81. The quantitative estimate of drug-likeness (QED) is 0.535. The van der Waals surface area contributed by atoms with Crippen LogP contribution in [0.2, 0.25) is 0 Å². The number of hydrogen-bond donors (Lipinski definition) is 3. The van der Waals surface area contributed by atoms with E-state index in [0.717, 1.165) is 0 Å². The molecule has 0 aliphatic rings. The Labute approximate surface area is 113 Å². The van der Waals surface area contributed by atoms with Crippen LogP contribution in [0.1, 0.15) is 0 Å². The number of primary amides is 1. The van der Waals surface area contributed by atoms with Gasteiger partial charge in [-0.3, -0.25) is 19.9 Å². The molecule has 0 aliphatic heterocycles. The van der Waals surface area contributed by atoms with Crippen LogP contribution in [0.3, 0.4) is 0 Å². The number of fused-ring (bicyclic) bond motifs is 1. The van der Waals surface area contributed by atoms with Gasteiger partial charge in [-0.25, -0.2) is 0 Å². The first-order valence-electron chi connectivity index (χ1n) is 5.73. The number of nitro benzene ring substituents is 1. The SMILES string of the molecule is NC(=O)C(O)CNc1ccc([N+](=O)[O-])c2ccncc12. The summed E-state index contributed by atoms with van der Waals surface area (Å²) < 4.78 is 0. The molecule has 1 aromatic heterocycles. The Hall–Kier alpha value is -2.74. The first-order chi connectivity index (χ1) is 9.50. The minimum absolute atomic E-state index is 0.0385. The molecule has 1 heterocycles. The molecular weight excluding hydrogens is 264 g/mol. The average Bonchev–Trinajstić information content (AvgIpc) is 2.43. The predicted molar refractivity (Wildman–Crippen MR) is 72.1 cm³/mol. The number of carbonyl (C=O) groups excluding carboxylic acids is 1. The van der Waals surface area contributed by atoms with Gasteiger partial charge in [0.2, 0.25) is 5.91 Å². The number of rotatable bonds is 5. The number of nitro groups is 1. The van der Waals surface area contributed by atoms with E-state index >= 15 is 0 Å². The Morgan fingerprint density at radius 3 is 2.85 bits per heavy atom. The number of benzene rings is 1. The number of aliphatic hydroxyl groups excluding tert-OH is 1. The van der Waals surface area contributed by atoms with Crippen LogP contribution < -0.4 is 11.1 Å². The van der Waals surface area contributed by atoms with Gasteiger partial charge in [0.25, 0.3) is 5.69 Å². The number of amides is 1. The summed E-state index contributed by atoms with van der Waals surface area (Å²) in [6.45, 7) is -0.0862. The number of non-ortho nitro benzene ring substituents is 1. The molecule has 1 unspecified atom stereocenters. The number of aliphatic hydroxyl groups is 1. The van der Waals surface area contributed by atoms with Crippen molar-refractivity contribution in [2.24, 2.45) is 5.73 Å². The van der Waals surface area contributed by atoms with Crippen molar-refractivity contribution in [1.82, 2.24) is 4.98 Å². The molecule has 104 valence electrons. The molecule has 1 atom stereocenters. The third-order valence-corrected chi connectivity index (χ3v) is 2.81. The van der Waals surface area contributed by atoms with Crippen LogP contribution in [0.15, 0.2) is 30.6 Å². The van der Waals surface area contributed by atoms with Crippen LogP contribution in [0.4, 0.5) is 11.4 Å². The van der Waals surface area contributed by atoms with Crippen molar-refractivity contribution >= 4 is 28.1 Å². The lowest BCUT2D eigenvalue weighted by molar-refractivity contribution is -0.383. The zero-order chi connectivity index (χ0) is 14.7. The fourth-order valence-corrected chi connectivity index (χ4v) is 1.79. The van der Waals surface area contributed by atoms with Crippen molar-refractivity contribution in [3.63, 3.8) is 0 Å². The number of aromatic nitrogens is 1. The maximum atomic E-state index is 10.9. The number of nitrogens with zero attached hydrogens (tertiary/aromatic N) is 2. The second-order valence-electron chi connectivity index (χ2n) is 4.11. The minimum Gasteiger partial charge on any atom is -0.381 e. The average molecular weight is 276 g/mol. The first kappa shape index (κ1) is 13.7. The summed E-state index contributed by atoms with van der Waals surface area (Å²) in [5, 5.41) is 24.1. The fraction of sp³-hybridized carbons (Fsp3) is 0.167. The summed E-state index contributed by atoms with van der Waals surface area (Å²) in [5.74, 6) is -0.846. The van der Waals surface area contributed by atoms with Crippen molar-refractivity contribution in [1.29, 1.82) is 0 Å². The van der Waals surface area contributed by atoms with E-state index in [1.807, 2.05) is 0 Å². The second-order valence-corrected chi connectivity index (χ2v) is 4.11. The lowest BCUT2D eigenvalue weighted by Crippen LogP contribution is -2.34. The van der Waals surface area contributed by atoms with Crippen LogP contribution in [0.25, 0.3) is 10.8 Å². The highest BCUT2D eigenvalue weighted by Crippen LogP contribution is 2.30. The second kappa shape index (κ2) is 5.49. The highest BCUT2D eigenvalue weighted by atomic mass is 16.6. The molecule has 20 heavy (non-hydrogen) atoms.